The van der Waals surface area contributed by atoms with Gasteiger partial charge in [-0.05, 0) is 37.9 Å². The summed E-state index contributed by atoms with van der Waals surface area (Å²) in [6, 6.07) is 8.85. The largest absolute Gasteiger partial charge is 0.465 e. The van der Waals surface area contributed by atoms with Crippen LogP contribution in [0.4, 0.5) is 4.79 Å². The zero-order valence-electron chi connectivity index (χ0n) is 16.4. The number of nitrogens with zero attached hydrogens (tertiary/aromatic N) is 2. The van der Waals surface area contributed by atoms with Crippen LogP contribution >= 0.6 is 0 Å². The third-order valence-electron chi connectivity index (χ3n) is 5.65. The maximum absolute atomic E-state index is 11.1. The van der Waals surface area contributed by atoms with Crippen molar-refractivity contribution in [3.8, 4) is 0 Å². The van der Waals surface area contributed by atoms with Crippen molar-refractivity contribution in [1.29, 1.82) is 0 Å². The fourth-order valence-corrected chi connectivity index (χ4v) is 3.86. The first-order valence-corrected chi connectivity index (χ1v) is 9.58. The number of ether oxygens (including phenoxy) is 1. The minimum absolute atomic E-state index is 0.0261. The van der Waals surface area contributed by atoms with Crippen molar-refractivity contribution in [1.82, 2.24) is 9.80 Å². The number of amides is 1. The van der Waals surface area contributed by atoms with Crippen molar-refractivity contribution in [3.63, 3.8) is 0 Å². The Balaban J connectivity index is 0.00000117. The number of rotatable bonds is 4. The Bertz CT molecular complexity index is 576. The summed E-state index contributed by atoms with van der Waals surface area (Å²) in [4.78, 5) is 14.9. The van der Waals surface area contributed by atoms with Crippen molar-refractivity contribution >= 4 is 6.09 Å². The van der Waals surface area contributed by atoms with E-state index in [2.05, 4.69) is 36.2 Å². The molecule has 0 spiro atoms. The number of likely N-dealkylation sites (N-methyl/N-ethyl adjacent to an activating group) is 1. The number of hydrogen-bond acceptors (Lipinski definition) is 4. The van der Waals surface area contributed by atoms with Crippen LogP contribution in [0.2, 0.25) is 0 Å². The molecule has 1 amide bonds. The second-order valence-corrected chi connectivity index (χ2v) is 7.01. The molecule has 0 aliphatic carbocycles. The fraction of sp³-hybridized carbons (Fsp3) is 0.650. The lowest BCUT2D eigenvalue weighted by molar-refractivity contribution is -0.0690. The van der Waals surface area contributed by atoms with Crippen molar-refractivity contribution in [2.45, 2.75) is 51.2 Å². The van der Waals surface area contributed by atoms with E-state index in [4.69, 9.17) is 15.6 Å². The molecule has 146 valence electrons. The highest BCUT2D eigenvalue weighted by molar-refractivity contribution is 5.66. The van der Waals surface area contributed by atoms with E-state index < -0.39 is 6.09 Å². The quantitative estimate of drug-likeness (QED) is 0.860. The topological polar surface area (TPSA) is 79.0 Å². The minimum Gasteiger partial charge on any atom is -0.465 e. The molecule has 0 bridgehead atoms. The maximum Gasteiger partial charge on any atom is 0.407 e. The summed E-state index contributed by atoms with van der Waals surface area (Å²) < 4.78 is 5.60. The summed E-state index contributed by atoms with van der Waals surface area (Å²) in [5.41, 5.74) is 8.27. The average Bonchev–Trinajstić information content (AvgIpc) is 2.62. The minimum atomic E-state index is -0.832. The average molecular weight is 364 g/mol. The van der Waals surface area contributed by atoms with Crippen LogP contribution in [0.25, 0.3) is 0 Å². The number of carbonyl (C=O) groups is 1. The highest BCUT2D eigenvalue weighted by atomic mass is 16.5. The molecular weight excluding hydrogens is 330 g/mol. The second-order valence-electron chi connectivity index (χ2n) is 7.01. The van der Waals surface area contributed by atoms with Gasteiger partial charge in [0.1, 0.15) is 0 Å². The summed E-state index contributed by atoms with van der Waals surface area (Å²) in [6.45, 7) is 8.60. The van der Waals surface area contributed by atoms with Crippen LogP contribution in [0.5, 0.6) is 0 Å². The first-order chi connectivity index (χ1) is 12.4. The van der Waals surface area contributed by atoms with Crippen LogP contribution in [0, 0.1) is 0 Å². The van der Waals surface area contributed by atoms with Gasteiger partial charge < -0.3 is 20.5 Å². The molecule has 6 nitrogen and oxygen atoms in total. The van der Waals surface area contributed by atoms with E-state index in [9.17, 15) is 4.79 Å². The number of carboxylic acid groups (broad SMARTS) is 1. The third kappa shape index (κ3) is 4.03. The molecule has 0 unspecified atom stereocenters. The predicted molar refractivity (Wildman–Crippen MR) is 103 cm³/mol. The van der Waals surface area contributed by atoms with Gasteiger partial charge >= 0.3 is 6.09 Å². The van der Waals surface area contributed by atoms with E-state index in [1.807, 2.05) is 20.8 Å². The Kier molecular flexibility index (Phi) is 7.03. The molecule has 1 aromatic rings. The van der Waals surface area contributed by atoms with Gasteiger partial charge in [0.15, 0.2) is 0 Å². The lowest BCUT2D eigenvalue weighted by Gasteiger charge is -2.53. The molecule has 3 rings (SSSR count). The molecule has 0 radical (unpaired) electrons. The summed E-state index contributed by atoms with van der Waals surface area (Å²) in [5, 5.41) is 9.08. The van der Waals surface area contributed by atoms with Crippen molar-refractivity contribution in [2.75, 3.05) is 33.4 Å². The van der Waals surface area contributed by atoms with E-state index in [0.29, 0.717) is 13.1 Å². The molecule has 26 heavy (non-hydrogen) atoms. The van der Waals surface area contributed by atoms with Crippen LogP contribution in [0.1, 0.15) is 50.8 Å². The van der Waals surface area contributed by atoms with Gasteiger partial charge in [0.2, 0.25) is 0 Å². The lowest BCUT2D eigenvalue weighted by Crippen LogP contribution is -2.65. The van der Waals surface area contributed by atoms with Gasteiger partial charge in [-0.15, -0.1) is 0 Å². The van der Waals surface area contributed by atoms with Gasteiger partial charge in [-0.25, -0.2) is 4.79 Å². The van der Waals surface area contributed by atoms with E-state index >= 15 is 0 Å². The number of nitrogens with two attached hydrogens (primary N) is 1. The van der Waals surface area contributed by atoms with Gasteiger partial charge in [-0.2, -0.15) is 0 Å². The normalized spacial score (nSPS) is 20.8. The summed E-state index contributed by atoms with van der Waals surface area (Å²) in [7, 11) is 2.12. The molecule has 6 heteroatoms. The van der Waals surface area contributed by atoms with E-state index in [1.165, 1.54) is 10.5 Å². The second kappa shape index (κ2) is 8.84. The zero-order valence-corrected chi connectivity index (χ0v) is 16.4. The zero-order chi connectivity index (χ0) is 19.3. The summed E-state index contributed by atoms with van der Waals surface area (Å²) in [6.07, 6.45) is 1.01. The van der Waals surface area contributed by atoms with Gasteiger partial charge in [0.05, 0.1) is 5.54 Å². The Morgan fingerprint density at radius 2 is 1.81 bits per heavy atom. The van der Waals surface area contributed by atoms with E-state index in [-0.39, 0.29) is 17.6 Å². The molecule has 1 aromatic carbocycles. The highest BCUT2D eigenvalue weighted by Crippen LogP contribution is 2.40. The molecule has 3 N–H and O–H groups in total. The van der Waals surface area contributed by atoms with Crippen LogP contribution in [0.15, 0.2) is 24.3 Å². The molecule has 2 fully saturated rings. The monoisotopic (exact) mass is 363 g/mol. The summed E-state index contributed by atoms with van der Waals surface area (Å²) >= 11 is 0. The third-order valence-corrected chi connectivity index (χ3v) is 5.65. The van der Waals surface area contributed by atoms with Crippen LogP contribution < -0.4 is 5.73 Å². The van der Waals surface area contributed by atoms with Gasteiger partial charge in [-0.1, -0.05) is 38.1 Å². The standard InChI is InChI=1S/C18H27N3O3.C2H6/c1-13(19)14-3-5-15(6-4-14)18(7-9-24-10-8-18)20(2)16-11-21(12-16)17(22)23;1-2/h3-6,13,16H,7-12,19H2,1-2H3,(H,22,23);1-2H3/t13-;/m0./s1. The molecule has 2 aliphatic heterocycles. The maximum atomic E-state index is 11.1. The van der Waals surface area contributed by atoms with Gasteiger partial charge in [0, 0.05) is 38.4 Å². The number of hydrogen-bond donors (Lipinski definition) is 2. The SMILES string of the molecule is CC.C[C@H](N)c1ccc(C2(N(C)C3CN(C(=O)O)C3)CCOCC2)cc1. The lowest BCUT2D eigenvalue weighted by atomic mass is 9.79. The molecule has 2 aliphatic rings. The number of likely N-dealkylation sites (tertiary alicyclic amines) is 1. The molecule has 0 saturated carbocycles. The van der Waals surface area contributed by atoms with Crippen LogP contribution in [-0.2, 0) is 10.3 Å². The van der Waals surface area contributed by atoms with E-state index in [0.717, 1.165) is 31.6 Å². The fourth-order valence-electron chi connectivity index (χ4n) is 3.86. The Hall–Kier alpha value is -1.63. The number of benzene rings is 1. The van der Waals surface area contributed by atoms with Crippen molar-refractivity contribution in [3.05, 3.63) is 35.4 Å². The van der Waals surface area contributed by atoms with Gasteiger partial charge in [-0.3, -0.25) is 4.90 Å². The predicted octanol–water partition coefficient (Wildman–Crippen LogP) is 3.03. The molecule has 1 atom stereocenters. The Morgan fingerprint density at radius 1 is 1.27 bits per heavy atom. The van der Waals surface area contributed by atoms with Crippen LogP contribution in [0.3, 0.4) is 0 Å². The molecule has 2 heterocycles. The molecular formula is C20H33N3O3. The van der Waals surface area contributed by atoms with Gasteiger partial charge in [0.25, 0.3) is 0 Å². The van der Waals surface area contributed by atoms with Crippen molar-refractivity contribution in [2.24, 2.45) is 5.73 Å². The molecule has 2 saturated heterocycles. The first kappa shape index (κ1) is 20.7. The van der Waals surface area contributed by atoms with E-state index in [1.54, 1.807) is 0 Å². The molecule has 0 aromatic heterocycles. The van der Waals surface area contributed by atoms with Crippen molar-refractivity contribution < 1.29 is 14.6 Å². The summed E-state index contributed by atoms with van der Waals surface area (Å²) in [5.74, 6) is 0. The van der Waals surface area contributed by atoms with Crippen LogP contribution in [-0.4, -0.2) is 60.4 Å². The highest BCUT2D eigenvalue weighted by Gasteiger charge is 2.45. The Morgan fingerprint density at radius 3 is 2.27 bits per heavy atom. The Labute approximate surface area is 156 Å². The smallest absolute Gasteiger partial charge is 0.407 e. The first-order valence-electron chi connectivity index (χ1n) is 9.58.